The number of fused-ring (bicyclic) bond motifs is 1. The zero-order valence-electron chi connectivity index (χ0n) is 17.8. The van der Waals surface area contributed by atoms with Crippen LogP contribution in [-0.4, -0.2) is 44.6 Å². The molecule has 0 aliphatic carbocycles. The van der Waals surface area contributed by atoms with Crippen LogP contribution in [-0.2, 0) is 4.74 Å². The molecule has 0 saturated carbocycles. The van der Waals surface area contributed by atoms with E-state index in [9.17, 15) is 4.39 Å². The molecule has 1 saturated heterocycles. The van der Waals surface area contributed by atoms with Crippen LogP contribution in [0.25, 0.3) is 22.4 Å². The van der Waals surface area contributed by atoms with E-state index < -0.39 is 5.82 Å². The summed E-state index contributed by atoms with van der Waals surface area (Å²) in [7, 11) is 0. The quantitative estimate of drug-likeness (QED) is 0.450. The summed E-state index contributed by atoms with van der Waals surface area (Å²) in [5.74, 6) is 1.14. The van der Waals surface area contributed by atoms with Crippen LogP contribution in [0.5, 0.6) is 0 Å². The standard InChI is InChI=1S/C22H20ClFN6O2/c1-11-9-25-21(32-11)17-10-30(6-7-31-17)22-28-18(15-5-4-14(23)8-16(15)24)19-20(29-22)27-13(3)12(2)26-19/h4-5,8-9,17H,6-7,10H2,1-3H3/t17-/m0/s1. The minimum Gasteiger partial charge on any atom is -0.443 e. The number of oxazole rings is 1. The maximum Gasteiger partial charge on any atom is 0.228 e. The van der Waals surface area contributed by atoms with Crippen molar-refractivity contribution in [1.29, 1.82) is 0 Å². The van der Waals surface area contributed by atoms with E-state index in [-0.39, 0.29) is 11.7 Å². The Balaban J connectivity index is 1.62. The molecule has 4 aromatic rings. The Bertz CT molecular complexity index is 1330. The van der Waals surface area contributed by atoms with Gasteiger partial charge < -0.3 is 14.1 Å². The Morgan fingerprint density at radius 1 is 1.09 bits per heavy atom. The van der Waals surface area contributed by atoms with Gasteiger partial charge in [0.05, 0.1) is 30.7 Å². The number of hydrogen-bond acceptors (Lipinski definition) is 8. The van der Waals surface area contributed by atoms with Crippen molar-refractivity contribution in [3.05, 3.63) is 58.3 Å². The molecule has 1 aromatic carbocycles. The lowest BCUT2D eigenvalue weighted by Gasteiger charge is -2.31. The predicted octanol–water partition coefficient (Wildman–Crippen LogP) is 4.37. The number of nitrogens with zero attached hydrogens (tertiary/aromatic N) is 6. The molecule has 1 aliphatic heterocycles. The van der Waals surface area contributed by atoms with E-state index in [1.165, 1.54) is 6.07 Å². The molecular weight excluding hydrogens is 435 g/mol. The number of aryl methyl sites for hydroxylation is 3. The highest BCUT2D eigenvalue weighted by molar-refractivity contribution is 6.30. The molecule has 10 heteroatoms. The number of hydrogen-bond donors (Lipinski definition) is 0. The van der Waals surface area contributed by atoms with E-state index in [4.69, 9.17) is 25.7 Å². The average molecular weight is 455 g/mol. The molecule has 164 valence electrons. The maximum atomic E-state index is 14.9. The van der Waals surface area contributed by atoms with Gasteiger partial charge in [-0.05, 0) is 39.0 Å². The molecule has 0 radical (unpaired) electrons. The molecule has 0 N–H and O–H groups in total. The van der Waals surface area contributed by atoms with Gasteiger partial charge in [0.2, 0.25) is 11.8 Å². The highest BCUT2D eigenvalue weighted by Gasteiger charge is 2.28. The number of aromatic nitrogens is 5. The van der Waals surface area contributed by atoms with Gasteiger partial charge in [-0.3, -0.25) is 0 Å². The van der Waals surface area contributed by atoms with Crippen LogP contribution in [0.3, 0.4) is 0 Å². The third-order valence-electron chi connectivity index (χ3n) is 5.38. The third kappa shape index (κ3) is 3.78. The first kappa shape index (κ1) is 20.7. The van der Waals surface area contributed by atoms with Crippen LogP contribution >= 0.6 is 11.6 Å². The second-order valence-electron chi connectivity index (χ2n) is 7.68. The Kier molecular flexibility index (Phi) is 5.22. The van der Waals surface area contributed by atoms with Crippen molar-refractivity contribution < 1.29 is 13.5 Å². The van der Waals surface area contributed by atoms with Crippen molar-refractivity contribution in [2.24, 2.45) is 0 Å². The summed E-state index contributed by atoms with van der Waals surface area (Å²) in [4.78, 5) is 24.8. The van der Waals surface area contributed by atoms with E-state index >= 15 is 0 Å². The highest BCUT2D eigenvalue weighted by Crippen LogP contribution is 2.32. The number of benzene rings is 1. The number of rotatable bonds is 3. The zero-order chi connectivity index (χ0) is 22.4. The summed E-state index contributed by atoms with van der Waals surface area (Å²) < 4.78 is 26.3. The Hall–Kier alpha value is -3.17. The van der Waals surface area contributed by atoms with Gasteiger partial charge in [0.25, 0.3) is 0 Å². The molecule has 5 rings (SSSR count). The van der Waals surface area contributed by atoms with E-state index in [1.54, 1.807) is 18.3 Å². The van der Waals surface area contributed by atoms with Gasteiger partial charge >= 0.3 is 0 Å². The number of ether oxygens (including phenoxy) is 1. The monoisotopic (exact) mass is 454 g/mol. The van der Waals surface area contributed by atoms with Crippen molar-refractivity contribution in [1.82, 2.24) is 24.9 Å². The van der Waals surface area contributed by atoms with Crippen LogP contribution in [0.15, 0.2) is 28.8 Å². The molecule has 1 fully saturated rings. The van der Waals surface area contributed by atoms with Gasteiger partial charge in [0, 0.05) is 17.1 Å². The second-order valence-corrected chi connectivity index (χ2v) is 8.11. The van der Waals surface area contributed by atoms with Gasteiger partial charge in [-0.2, -0.15) is 4.98 Å². The first-order chi connectivity index (χ1) is 15.4. The summed E-state index contributed by atoms with van der Waals surface area (Å²) in [6.07, 6.45) is 1.30. The van der Waals surface area contributed by atoms with E-state index in [1.807, 2.05) is 25.7 Å². The molecule has 32 heavy (non-hydrogen) atoms. The van der Waals surface area contributed by atoms with Crippen LogP contribution < -0.4 is 4.90 Å². The molecule has 1 atom stereocenters. The first-order valence-corrected chi connectivity index (χ1v) is 10.5. The summed E-state index contributed by atoms with van der Waals surface area (Å²) in [6, 6.07) is 4.48. The van der Waals surface area contributed by atoms with Gasteiger partial charge in [0.1, 0.15) is 22.8 Å². The Morgan fingerprint density at radius 3 is 2.66 bits per heavy atom. The third-order valence-corrected chi connectivity index (χ3v) is 5.62. The van der Waals surface area contributed by atoms with Crippen molar-refractivity contribution in [3.8, 4) is 11.3 Å². The molecule has 0 unspecified atom stereocenters. The minimum atomic E-state index is -0.487. The van der Waals surface area contributed by atoms with Crippen molar-refractivity contribution in [2.45, 2.75) is 26.9 Å². The lowest BCUT2D eigenvalue weighted by Crippen LogP contribution is -2.39. The molecule has 0 bridgehead atoms. The smallest absolute Gasteiger partial charge is 0.228 e. The molecular formula is C22H20ClFN6O2. The van der Waals surface area contributed by atoms with Crippen LogP contribution in [0.2, 0.25) is 5.02 Å². The summed E-state index contributed by atoms with van der Waals surface area (Å²) in [6.45, 7) is 6.98. The topological polar surface area (TPSA) is 90.1 Å². The lowest BCUT2D eigenvalue weighted by molar-refractivity contribution is 0.0213. The maximum absolute atomic E-state index is 14.9. The number of anilines is 1. The molecule has 1 aliphatic rings. The molecule has 3 aromatic heterocycles. The van der Waals surface area contributed by atoms with Crippen LogP contribution in [0, 0.1) is 26.6 Å². The Morgan fingerprint density at radius 2 is 1.91 bits per heavy atom. The van der Waals surface area contributed by atoms with Crippen molar-refractivity contribution in [2.75, 3.05) is 24.6 Å². The fourth-order valence-corrected chi connectivity index (χ4v) is 3.77. The van der Waals surface area contributed by atoms with Gasteiger partial charge in [-0.25, -0.2) is 24.3 Å². The summed E-state index contributed by atoms with van der Waals surface area (Å²) >= 11 is 5.96. The molecule has 0 amide bonds. The highest BCUT2D eigenvalue weighted by atomic mass is 35.5. The van der Waals surface area contributed by atoms with E-state index in [0.29, 0.717) is 59.2 Å². The molecule has 0 spiro atoms. The van der Waals surface area contributed by atoms with Gasteiger partial charge in [0.15, 0.2) is 11.8 Å². The summed E-state index contributed by atoms with van der Waals surface area (Å²) in [5.41, 5.74) is 2.97. The van der Waals surface area contributed by atoms with E-state index in [2.05, 4.69) is 19.9 Å². The van der Waals surface area contributed by atoms with Crippen LogP contribution in [0.1, 0.15) is 29.1 Å². The fourth-order valence-electron chi connectivity index (χ4n) is 3.61. The predicted molar refractivity (Wildman–Crippen MR) is 117 cm³/mol. The van der Waals surface area contributed by atoms with Crippen molar-refractivity contribution >= 4 is 28.7 Å². The zero-order valence-corrected chi connectivity index (χ0v) is 18.5. The second kappa shape index (κ2) is 8.07. The largest absolute Gasteiger partial charge is 0.443 e. The number of halogens is 2. The molecule has 8 nitrogen and oxygen atoms in total. The Labute approximate surface area is 188 Å². The molecule has 4 heterocycles. The van der Waals surface area contributed by atoms with Crippen molar-refractivity contribution in [3.63, 3.8) is 0 Å². The van der Waals surface area contributed by atoms with Crippen LogP contribution in [0.4, 0.5) is 10.3 Å². The van der Waals surface area contributed by atoms with Gasteiger partial charge in [-0.15, -0.1) is 0 Å². The normalized spacial score (nSPS) is 16.7. The number of morpholine rings is 1. The SMILES string of the molecule is Cc1cnc([C@@H]2CN(c3nc(-c4ccc(Cl)cc4F)c4nc(C)c(C)nc4n3)CCO2)o1. The van der Waals surface area contributed by atoms with Gasteiger partial charge in [-0.1, -0.05) is 11.6 Å². The first-order valence-electron chi connectivity index (χ1n) is 10.2. The fraction of sp³-hybridized carbons (Fsp3) is 0.318. The summed E-state index contributed by atoms with van der Waals surface area (Å²) in [5, 5.41) is 0.306. The lowest BCUT2D eigenvalue weighted by atomic mass is 10.1. The average Bonchev–Trinajstić information content (AvgIpc) is 3.21. The van der Waals surface area contributed by atoms with E-state index in [0.717, 1.165) is 11.4 Å². The minimum absolute atomic E-state index is 0.286.